The number of nitrogens with zero attached hydrogens (tertiary/aromatic N) is 1. The van der Waals surface area contributed by atoms with Crippen LogP contribution in [0.1, 0.15) is 49.3 Å². The molecule has 1 amide bonds. The number of aromatic amines is 1. The zero-order chi connectivity index (χ0) is 20.9. The van der Waals surface area contributed by atoms with Gasteiger partial charge in [-0.1, -0.05) is 26.0 Å². The quantitative estimate of drug-likeness (QED) is 0.777. The van der Waals surface area contributed by atoms with E-state index in [1.165, 1.54) is 5.56 Å². The Labute approximate surface area is 167 Å². The lowest BCUT2D eigenvalue weighted by Crippen LogP contribution is -2.48. The van der Waals surface area contributed by atoms with E-state index in [-0.39, 0.29) is 19.1 Å². The first-order valence-electron chi connectivity index (χ1n) is 10.1. The predicted molar refractivity (Wildman–Crippen MR) is 107 cm³/mol. The van der Waals surface area contributed by atoms with Crippen molar-refractivity contribution in [2.75, 3.05) is 13.1 Å². The molecule has 1 aromatic heterocycles. The highest BCUT2D eigenvalue weighted by atomic mass is 19.4. The molecule has 7 heteroatoms. The van der Waals surface area contributed by atoms with Crippen LogP contribution in [0, 0.1) is 5.92 Å². The Morgan fingerprint density at radius 1 is 1.38 bits per heavy atom. The van der Waals surface area contributed by atoms with E-state index >= 15 is 0 Å². The highest BCUT2D eigenvalue weighted by molar-refractivity contribution is 6.00. The van der Waals surface area contributed by atoms with Gasteiger partial charge in [0.25, 0.3) is 0 Å². The van der Waals surface area contributed by atoms with E-state index in [2.05, 4.69) is 31.0 Å². The summed E-state index contributed by atoms with van der Waals surface area (Å²) in [6.07, 6.45) is 0.324. The Balaban J connectivity index is 1.86. The minimum atomic E-state index is -4.24. The Morgan fingerprint density at radius 3 is 2.79 bits per heavy atom. The van der Waals surface area contributed by atoms with E-state index in [9.17, 15) is 18.0 Å². The van der Waals surface area contributed by atoms with Crippen molar-refractivity contribution in [3.8, 4) is 0 Å². The third-order valence-electron chi connectivity index (χ3n) is 6.47. The number of nitrogens with one attached hydrogen (secondary N) is 1. The van der Waals surface area contributed by atoms with Crippen molar-refractivity contribution in [2.45, 2.75) is 51.2 Å². The maximum absolute atomic E-state index is 12.9. The molecule has 1 aromatic carbocycles. The van der Waals surface area contributed by atoms with Crippen LogP contribution in [-0.2, 0) is 11.2 Å². The Morgan fingerprint density at radius 2 is 2.14 bits per heavy atom. The van der Waals surface area contributed by atoms with Gasteiger partial charge in [-0.15, -0.1) is 0 Å². The summed E-state index contributed by atoms with van der Waals surface area (Å²) in [7, 11) is 0. The van der Waals surface area contributed by atoms with Crippen LogP contribution in [0.4, 0.5) is 13.2 Å². The summed E-state index contributed by atoms with van der Waals surface area (Å²) in [5.41, 5.74) is 10.9. The Kier molecular flexibility index (Phi) is 4.97. The number of rotatable bonds is 5. The minimum absolute atomic E-state index is 0.135. The summed E-state index contributed by atoms with van der Waals surface area (Å²) in [5, 5.41) is 1.13. The lowest BCUT2D eigenvalue weighted by Gasteiger charge is -2.42. The van der Waals surface area contributed by atoms with E-state index in [4.69, 9.17) is 5.73 Å². The van der Waals surface area contributed by atoms with Gasteiger partial charge in [0, 0.05) is 36.2 Å². The molecule has 29 heavy (non-hydrogen) atoms. The number of hydrogen-bond donors (Lipinski definition) is 2. The average Bonchev–Trinajstić information content (AvgIpc) is 3.09. The summed E-state index contributed by atoms with van der Waals surface area (Å²) >= 11 is 0. The molecule has 1 aliphatic carbocycles. The summed E-state index contributed by atoms with van der Waals surface area (Å²) in [6, 6.07) is 3.99. The molecule has 0 spiro atoms. The number of carbonyl (C=O) groups excluding carboxylic acids is 1. The Bertz CT molecular complexity index is 976. The highest BCUT2D eigenvalue weighted by Gasteiger charge is 2.39. The van der Waals surface area contributed by atoms with E-state index in [0.717, 1.165) is 34.0 Å². The number of halogens is 3. The molecule has 156 valence electrons. The minimum Gasteiger partial charge on any atom is -0.369 e. The van der Waals surface area contributed by atoms with Crippen LogP contribution in [-0.4, -0.2) is 41.1 Å². The largest absolute Gasteiger partial charge is 0.390 e. The number of primary amides is 1. The number of alkyl halides is 3. The van der Waals surface area contributed by atoms with Gasteiger partial charge in [-0.2, -0.15) is 13.2 Å². The summed E-state index contributed by atoms with van der Waals surface area (Å²) < 4.78 is 38.8. The molecule has 0 bridgehead atoms. The van der Waals surface area contributed by atoms with Crippen LogP contribution < -0.4 is 5.73 Å². The lowest BCUT2D eigenvalue weighted by atomic mass is 9.75. The molecular weight excluding hydrogens is 379 g/mol. The number of amides is 1. The van der Waals surface area contributed by atoms with E-state index in [1.807, 2.05) is 12.3 Å². The first-order valence-corrected chi connectivity index (χ1v) is 10.1. The van der Waals surface area contributed by atoms with Crippen molar-refractivity contribution < 1.29 is 18.0 Å². The predicted octanol–water partition coefficient (Wildman–Crippen LogP) is 4.36. The van der Waals surface area contributed by atoms with Crippen LogP contribution in [0.25, 0.3) is 16.5 Å². The molecule has 2 aromatic rings. The van der Waals surface area contributed by atoms with Crippen molar-refractivity contribution in [1.82, 2.24) is 9.88 Å². The number of carbonyl (C=O) groups is 1. The number of hydrogen-bond acceptors (Lipinski definition) is 2. The van der Waals surface area contributed by atoms with Gasteiger partial charge in [0.2, 0.25) is 5.91 Å². The highest BCUT2D eigenvalue weighted by Crippen LogP contribution is 2.45. The van der Waals surface area contributed by atoms with E-state index in [1.54, 1.807) is 4.90 Å². The number of nitrogens with two attached hydrogens (primary N) is 1. The van der Waals surface area contributed by atoms with Gasteiger partial charge >= 0.3 is 6.18 Å². The van der Waals surface area contributed by atoms with Gasteiger partial charge in [-0.3, -0.25) is 9.69 Å². The van der Waals surface area contributed by atoms with Gasteiger partial charge in [-0.25, -0.2) is 0 Å². The second-order valence-corrected chi connectivity index (χ2v) is 8.29. The normalized spacial score (nSPS) is 23.0. The number of benzene rings is 1. The molecule has 4 nitrogen and oxygen atoms in total. The fraction of sp³-hybridized carbons (Fsp3) is 0.500. The summed E-state index contributed by atoms with van der Waals surface area (Å²) in [5.74, 6) is -0.783. The molecule has 3 N–H and O–H groups in total. The summed E-state index contributed by atoms with van der Waals surface area (Å²) in [6.45, 7) is 4.37. The molecule has 1 aliphatic heterocycles. The zero-order valence-corrected chi connectivity index (χ0v) is 16.6. The van der Waals surface area contributed by atoms with Crippen molar-refractivity contribution in [2.24, 2.45) is 11.7 Å². The Hall–Kier alpha value is -2.28. The van der Waals surface area contributed by atoms with Gasteiger partial charge in [0.05, 0.1) is 12.3 Å². The number of fused-ring (bicyclic) bond motifs is 2. The molecule has 2 aliphatic rings. The third-order valence-corrected chi connectivity index (χ3v) is 6.47. The second kappa shape index (κ2) is 7.20. The maximum atomic E-state index is 12.9. The number of aromatic nitrogens is 1. The molecule has 2 unspecified atom stereocenters. The third kappa shape index (κ3) is 3.56. The molecule has 0 saturated heterocycles. The molecule has 2 heterocycles. The molecule has 4 rings (SSSR count). The van der Waals surface area contributed by atoms with E-state index < -0.39 is 24.4 Å². The first kappa shape index (κ1) is 20.0. The lowest BCUT2D eigenvalue weighted by molar-refractivity contribution is -0.139. The van der Waals surface area contributed by atoms with Gasteiger partial charge in [0.15, 0.2) is 0 Å². The molecule has 3 atom stereocenters. The van der Waals surface area contributed by atoms with Crippen molar-refractivity contribution in [3.05, 3.63) is 41.1 Å². The SMILES string of the molecule is CC[C@@H](C)c1ccc2[nH]cc3c2c1C1=CC(C(N)=O)CN(CCC(F)(F)F)C1C3. The van der Waals surface area contributed by atoms with Crippen LogP contribution >= 0.6 is 0 Å². The molecular formula is C22H26F3N3O. The van der Waals surface area contributed by atoms with Crippen molar-refractivity contribution >= 4 is 22.4 Å². The smallest absolute Gasteiger partial charge is 0.369 e. The first-order chi connectivity index (χ1) is 13.7. The standard InChI is InChI=1S/C22H26F3N3O/c1-3-12(2)15-4-5-17-19-13(10-27-17)9-18-16(20(15)19)8-14(21(26)29)11-28(18)7-6-22(23,24)25/h4-5,8,10,12,14,18,27H,3,6-7,9,11H2,1-2H3,(H2,26,29)/t12-,14?,18?/m1/s1. The van der Waals surface area contributed by atoms with Gasteiger partial charge in [-0.05, 0) is 47.1 Å². The van der Waals surface area contributed by atoms with Crippen LogP contribution in [0.5, 0.6) is 0 Å². The monoisotopic (exact) mass is 405 g/mol. The topological polar surface area (TPSA) is 62.1 Å². The van der Waals surface area contributed by atoms with Gasteiger partial charge in [0.1, 0.15) is 0 Å². The van der Waals surface area contributed by atoms with Crippen LogP contribution in [0.2, 0.25) is 0 Å². The molecule has 0 saturated carbocycles. The maximum Gasteiger partial charge on any atom is 0.390 e. The fourth-order valence-corrected chi connectivity index (χ4v) is 4.76. The second-order valence-electron chi connectivity index (χ2n) is 8.29. The number of H-pyrrole nitrogens is 1. The molecule has 0 radical (unpaired) electrons. The van der Waals surface area contributed by atoms with Gasteiger partial charge < -0.3 is 10.7 Å². The van der Waals surface area contributed by atoms with Crippen molar-refractivity contribution in [3.63, 3.8) is 0 Å². The molecule has 0 fully saturated rings. The average molecular weight is 405 g/mol. The fourth-order valence-electron chi connectivity index (χ4n) is 4.76. The zero-order valence-electron chi connectivity index (χ0n) is 16.6. The van der Waals surface area contributed by atoms with Crippen molar-refractivity contribution in [1.29, 1.82) is 0 Å². The van der Waals surface area contributed by atoms with E-state index in [0.29, 0.717) is 12.3 Å². The van der Waals surface area contributed by atoms with Crippen LogP contribution in [0.3, 0.4) is 0 Å². The van der Waals surface area contributed by atoms with Crippen LogP contribution in [0.15, 0.2) is 24.4 Å². The summed E-state index contributed by atoms with van der Waals surface area (Å²) in [4.78, 5) is 17.1.